The van der Waals surface area contributed by atoms with Crippen molar-refractivity contribution in [3.63, 3.8) is 0 Å². The minimum Gasteiger partial charge on any atom is -0.508 e. The predicted octanol–water partition coefficient (Wildman–Crippen LogP) is -0.255. The first-order valence-electron chi connectivity index (χ1n) is 7.45. The molecule has 5 heteroatoms. The summed E-state index contributed by atoms with van der Waals surface area (Å²) in [6, 6.07) is 7.11. The van der Waals surface area contributed by atoms with Gasteiger partial charge in [0.05, 0.1) is 13.2 Å². The predicted molar refractivity (Wildman–Crippen MR) is 80.4 cm³/mol. The van der Waals surface area contributed by atoms with Crippen LogP contribution >= 0.6 is 0 Å². The lowest BCUT2D eigenvalue weighted by Gasteiger charge is -2.28. The molecule has 0 aromatic heterocycles. The van der Waals surface area contributed by atoms with Crippen LogP contribution in [-0.4, -0.2) is 49.4 Å². The van der Waals surface area contributed by atoms with E-state index < -0.39 is 0 Å². The quantitative estimate of drug-likeness (QED) is 0.701. The van der Waals surface area contributed by atoms with Crippen LogP contribution in [0.2, 0.25) is 0 Å². The Labute approximate surface area is 125 Å². The van der Waals surface area contributed by atoms with Crippen LogP contribution in [0.1, 0.15) is 19.4 Å². The number of ether oxygens (including phenoxy) is 1. The lowest BCUT2D eigenvalue weighted by molar-refractivity contribution is -0.900. The molecule has 5 nitrogen and oxygen atoms in total. The number of nitrogens with one attached hydrogen (secondary N) is 2. The van der Waals surface area contributed by atoms with Gasteiger partial charge in [0.2, 0.25) is 0 Å². The summed E-state index contributed by atoms with van der Waals surface area (Å²) >= 11 is 0. The summed E-state index contributed by atoms with van der Waals surface area (Å²) in [5.41, 5.74) is 0.789. The van der Waals surface area contributed by atoms with E-state index in [1.807, 2.05) is 26.0 Å². The van der Waals surface area contributed by atoms with Crippen molar-refractivity contribution in [1.82, 2.24) is 5.32 Å². The molecule has 0 aliphatic carbocycles. The number of carbonyl (C=O) groups excluding carboxylic acids is 1. The smallest absolute Gasteiger partial charge is 0.275 e. The Morgan fingerprint density at radius 2 is 1.90 bits per heavy atom. The maximum Gasteiger partial charge on any atom is 0.275 e. The highest BCUT2D eigenvalue weighted by Gasteiger charge is 2.24. The highest BCUT2D eigenvalue weighted by atomic mass is 16.5. The number of quaternary nitrogens is 1. The van der Waals surface area contributed by atoms with E-state index in [0.29, 0.717) is 6.54 Å². The molecular weight excluding hydrogens is 268 g/mol. The second kappa shape index (κ2) is 6.91. The fourth-order valence-electron chi connectivity index (χ4n) is 2.65. The molecule has 0 radical (unpaired) electrons. The van der Waals surface area contributed by atoms with Gasteiger partial charge >= 0.3 is 0 Å². The molecule has 0 saturated carbocycles. The molecule has 21 heavy (non-hydrogen) atoms. The van der Waals surface area contributed by atoms with Gasteiger partial charge in [0.15, 0.2) is 6.54 Å². The topological polar surface area (TPSA) is 63.0 Å². The Bertz CT molecular complexity index is 465. The van der Waals surface area contributed by atoms with Crippen molar-refractivity contribution in [2.75, 3.05) is 32.8 Å². The van der Waals surface area contributed by atoms with Crippen LogP contribution in [0.3, 0.4) is 0 Å². The van der Waals surface area contributed by atoms with E-state index in [1.54, 1.807) is 12.1 Å². The third kappa shape index (κ3) is 5.36. The fraction of sp³-hybridized carbons (Fsp3) is 0.562. The van der Waals surface area contributed by atoms with E-state index >= 15 is 0 Å². The molecule has 1 amide bonds. The average molecular weight is 293 g/mol. The van der Waals surface area contributed by atoms with Crippen molar-refractivity contribution < 1.29 is 19.5 Å². The molecule has 1 aliphatic heterocycles. The molecule has 0 bridgehead atoms. The van der Waals surface area contributed by atoms with Gasteiger partial charge in [-0.2, -0.15) is 0 Å². The summed E-state index contributed by atoms with van der Waals surface area (Å²) in [4.78, 5) is 13.4. The number of aromatic hydroxyl groups is 1. The summed E-state index contributed by atoms with van der Waals surface area (Å²) < 4.78 is 5.30. The second-order valence-corrected chi connectivity index (χ2v) is 6.31. The van der Waals surface area contributed by atoms with E-state index in [0.717, 1.165) is 38.3 Å². The lowest BCUT2D eigenvalue weighted by Crippen LogP contribution is -3.15. The van der Waals surface area contributed by atoms with Crippen LogP contribution in [0, 0.1) is 0 Å². The zero-order valence-corrected chi connectivity index (χ0v) is 12.8. The van der Waals surface area contributed by atoms with Crippen LogP contribution < -0.4 is 10.2 Å². The molecule has 1 saturated heterocycles. The van der Waals surface area contributed by atoms with Gasteiger partial charge < -0.3 is 20.1 Å². The first-order chi connectivity index (χ1) is 9.94. The summed E-state index contributed by atoms with van der Waals surface area (Å²) in [6.07, 6.45) is 0.734. The van der Waals surface area contributed by atoms with E-state index in [-0.39, 0.29) is 17.2 Å². The summed E-state index contributed by atoms with van der Waals surface area (Å²) in [7, 11) is 0. The molecule has 1 aromatic rings. The van der Waals surface area contributed by atoms with Crippen LogP contribution in [0.15, 0.2) is 24.3 Å². The summed E-state index contributed by atoms with van der Waals surface area (Å²) in [5, 5.41) is 12.4. The number of phenolic OH excluding ortho intramolecular Hbond substituents is 1. The molecule has 3 N–H and O–H groups in total. The summed E-state index contributed by atoms with van der Waals surface area (Å²) in [5.74, 6) is 0.340. The Kier molecular flexibility index (Phi) is 5.20. The minimum atomic E-state index is -0.306. The van der Waals surface area contributed by atoms with Crippen molar-refractivity contribution in [3.8, 4) is 5.75 Å². The third-order valence-corrected chi connectivity index (χ3v) is 3.67. The van der Waals surface area contributed by atoms with Gasteiger partial charge in [-0.25, -0.2) is 0 Å². The molecule has 0 atom stereocenters. The Balaban J connectivity index is 1.84. The maximum atomic E-state index is 12.2. The highest BCUT2D eigenvalue weighted by Crippen LogP contribution is 2.15. The summed E-state index contributed by atoms with van der Waals surface area (Å²) in [6.45, 7) is 7.80. The Hall–Kier alpha value is -1.59. The lowest BCUT2D eigenvalue weighted by atomic mass is 9.95. The molecule has 1 aliphatic rings. The van der Waals surface area contributed by atoms with Crippen LogP contribution in [0.4, 0.5) is 0 Å². The van der Waals surface area contributed by atoms with Crippen LogP contribution in [-0.2, 0) is 16.0 Å². The van der Waals surface area contributed by atoms with Crippen molar-refractivity contribution in [2.24, 2.45) is 0 Å². The van der Waals surface area contributed by atoms with Gasteiger partial charge in [-0.05, 0) is 38.0 Å². The number of hydrogen-bond donors (Lipinski definition) is 3. The first kappa shape index (κ1) is 15.8. The van der Waals surface area contributed by atoms with Crippen LogP contribution in [0.25, 0.3) is 0 Å². The van der Waals surface area contributed by atoms with E-state index in [9.17, 15) is 9.90 Å². The number of morpholine rings is 1. The van der Waals surface area contributed by atoms with Crippen molar-refractivity contribution in [2.45, 2.75) is 25.8 Å². The van der Waals surface area contributed by atoms with E-state index in [1.165, 1.54) is 4.90 Å². The van der Waals surface area contributed by atoms with Gasteiger partial charge in [0.25, 0.3) is 5.91 Å². The zero-order valence-electron chi connectivity index (χ0n) is 12.8. The number of hydrogen-bond acceptors (Lipinski definition) is 3. The van der Waals surface area contributed by atoms with Gasteiger partial charge in [0, 0.05) is 5.54 Å². The highest BCUT2D eigenvalue weighted by molar-refractivity contribution is 5.77. The van der Waals surface area contributed by atoms with Gasteiger partial charge in [-0.1, -0.05) is 12.1 Å². The molecule has 0 unspecified atom stereocenters. The maximum absolute atomic E-state index is 12.2. The standard InChI is InChI=1S/C16H24N2O3/c1-16(2,11-13-3-5-14(19)6-4-13)17-15(20)12-18-7-9-21-10-8-18/h3-6,19H,7-12H2,1-2H3,(H,17,20)/p+1. The number of phenols is 1. The molecule has 1 fully saturated rings. The average Bonchev–Trinajstić information content (AvgIpc) is 2.41. The SMILES string of the molecule is CC(C)(Cc1ccc(O)cc1)NC(=O)C[NH+]1CCOCC1. The number of benzene rings is 1. The Morgan fingerprint density at radius 1 is 1.29 bits per heavy atom. The van der Waals surface area contributed by atoms with Crippen LogP contribution in [0.5, 0.6) is 5.75 Å². The number of carbonyl (C=O) groups is 1. The molecule has 1 heterocycles. The molecule has 2 rings (SSSR count). The monoisotopic (exact) mass is 293 g/mol. The molecular formula is C16H25N2O3+. The molecule has 0 spiro atoms. The van der Waals surface area contributed by atoms with Crippen molar-refractivity contribution in [3.05, 3.63) is 29.8 Å². The fourth-order valence-corrected chi connectivity index (χ4v) is 2.65. The number of amides is 1. The zero-order chi connectivity index (χ0) is 15.3. The van der Waals surface area contributed by atoms with Gasteiger partial charge in [0.1, 0.15) is 18.8 Å². The van der Waals surface area contributed by atoms with Crippen molar-refractivity contribution in [1.29, 1.82) is 0 Å². The van der Waals surface area contributed by atoms with Gasteiger partial charge in [-0.15, -0.1) is 0 Å². The van der Waals surface area contributed by atoms with Gasteiger partial charge in [-0.3, -0.25) is 4.79 Å². The third-order valence-electron chi connectivity index (χ3n) is 3.67. The van der Waals surface area contributed by atoms with E-state index in [4.69, 9.17) is 4.74 Å². The number of rotatable bonds is 5. The normalized spacial score (nSPS) is 16.7. The first-order valence-corrected chi connectivity index (χ1v) is 7.45. The van der Waals surface area contributed by atoms with Crippen molar-refractivity contribution >= 4 is 5.91 Å². The second-order valence-electron chi connectivity index (χ2n) is 6.31. The molecule has 116 valence electrons. The Morgan fingerprint density at radius 3 is 2.52 bits per heavy atom. The molecule has 1 aromatic carbocycles. The minimum absolute atomic E-state index is 0.0793. The largest absolute Gasteiger partial charge is 0.508 e. The van der Waals surface area contributed by atoms with E-state index in [2.05, 4.69) is 5.32 Å².